The Morgan fingerprint density at radius 1 is 0.750 bits per heavy atom. The van der Waals surface area contributed by atoms with E-state index in [1.807, 2.05) is 0 Å². The van der Waals surface area contributed by atoms with Crippen LogP contribution in [0.5, 0.6) is 0 Å². The highest BCUT2D eigenvalue weighted by Gasteiger charge is 2.26. The second-order valence-corrected chi connectivity index (χ2v) is 9.00. The maximum absolute atomic E-state index is 3.68. The Labute approximate surface area is 187 Å². The summed E-state index contributed by atoms with van der Waals surface area (Å²) < 4.78 is 2.46. The van der Waals surface area contributed by atoms with Gasteiger partial charge in [-0.25, -0.2) is 0 Å². The van der Waals surface area contributed by atoms with Crippen molar-refractivity contribution in [2.75, 3.05) is 0 Å². The Hall–Kier alpha value is -3.78. The molecule has 0 amide bonds. The van der Waals surface area contributed by atoms with Crippen LogP contribution in [0.4, 0.5) is 0 Å². The molecule has 3 aromatic carbocycles. The molecule has 1 unspecified atom stereocenters. The van der Waals surface area contributed by atoms with Gasteiger partial charge in [-0.1, -0.05) is 78.4 Å². The quantitative estimate of drug-likeness (QED) is 0.313. The minimum absolute atomic E-state index is 0.461. The molecule has 2 heterocycles. The van der Waals surface area contributed by atoms with Crippen LogP contribution in [0.25, 0.3) is 39.6 Å². The molecule has 32 heavy (non-hydrogen) atoms. The van der Waals surface area contributed by atoms with E-state index in [-0.39, 0.29) is 0 Å². The lowest BCUT2D eigenvalue weighted by Gasteiger charge is -2.24. The fraction of sp³-hybridized carbons (Fsp3) is 0.133. The molecule has 7 rings (SSSR count). The molecule has 0 saturated heterocycles. The lowest BCUT2D eigenvalue weighted by atomic mass is 9.82. The van der Waals surface area contributed by atoms with Crippen LogP contribution in [0.15, 0.2) is 90.5 Å². The molecule has 0 radical (unpaired) electrons. The van der Waals surface area contributed by atoms with Gasteiger partial charge < -0.3 is 9.55 Å². The lowest BCUT2D eigenvalue weighted by Crippen LogP contribution is -2.14. The van der Waals surface area contributed by atoms with Crippen molar-refractivity contribution < 1.29 is 0 Å². The fourth-order valence-electron chi connectivity index (χ4n) is 5.74. The molecule has 0 saturated carbocycles. The smallest absolute Gasteiger partial charge is 0.0537 e. The average molecular weight is 413 g/mol. The number of hydrogen-bond acceptors (Lipinski definition) is 0. The molecule has 5 aromatic rings. The molecule has 2 aliphatic rings. The van der Waals surface area contributed by atoms with Gasteiger partial charge in [0.1, 0.15) is 0 Å². The molecular formula is C30H24N2. The second kappa shape index (κ2) is 6.86. The largest absolute Gasteiger partial charge is 0.358 e. The van der Waals surface area contributed by atoms with Crippen molar-refractivity contribution in [3.05, 3.63) is 113 Å². The van der Waals surface area contributed by atoms with E-state index >= 15 is 0 Å². The summed E-state index contributed by atoms with van der Waals surface area (Å²) in [5.41, 5.74) is 10.9. The molecule has 0 aliphatic heterocycles. The number of benzene rings is 3. The van der Waals surface area contributed by atoms with E-state index in [0.29, 0.717) is 5.92 Å². The zero-order valence-electron chi connectivity index (χ0n) is 17.9. The summed E-state index contributed by atoms with van der Waals surface area (Å²) in [5.74, 6) is 0.461. The molecule has 0 bridgehead atoms. The average Bonchev–Trinajstić information content (AvgIpc) is 3.39. The summed E-state index contributed by atoms with van der Waals surface area (Å²) in [5, 5.41) is 2.69. The molecule has 0 fully saturated rings. The van der Waals surface area contributed by atoms with Gasteiger partial charge in [0, 0.05) is 50.4 Å². The van der Waals surface area contributed by atoms with Crippen molar-refractivity contribution in [1.82, 2.24) is 9.55 Å². The first-order chi connectivity index (χ1) is 15.9. The molecule has 0 spiro atoms. The van der Waals surface area contributed by atoms with Gasteiger partial charge in [-0.15, -0.1) is 0 Å². The number of rotatable bonds is 2. The maximum Gasteiger partial charge on any atom is 0.0537 e. The third-order valence-electron chi connectivity index (χ3n) is 7.23. The first kappa shape index (κ1) is 17.9. The van der Waals surface area contributed by atoms with Crippen molar-refractivity contribution in [3.8, 4) is 5.69 Å². The zero-order chi connectivity index (χ0) is 21.1. The van der Waals surface area contributed by atoms with Crippen LogP contribution in [-0.2, 0) is 12.8 Å². The first-order valence-corrected chi connectivity index (χ1v) is 11.5. The van der Waals surface area contributed by atoms with E-state index in [1.54, 1.807) is 5.57 Å². The molecular weight excluding hydrogens is 388 g/mol. The van der Waals surface area contributed by atoms with E-state index in [4.69, 9.17) is 0 Å². The third-order valence-corrected chi connectivity index (χ3v) is 7.23. The Kier molecular flexibility index (Phi) is 3.83. The first-order valence-electron chi connectivity index (χ1n) is 11.5. The molecule has 2 aliphatic carbocycles. The SMILES string of the molecule is C1=CC(C2=Cc3c(n(-c4ccccc4)c4ccccc34)CC2)Cc2[nH]c3ccccc3c21. The highest BCUT2D eigenvalue weighted by molar-refractivity contribution is 5.94. The molecule has 154 valence electrons. The maximum atomic E-state index is 3.68. The van der Waals surface area contributed by atoms with Gasteiger partial charge in [-0.05, 0) is 43.5 Å². The minimum atomic E-state index is 0.461. The molecule has 1 N–H and O–H groups in total. The van der Waals surface area contributed by atoms with Crippen molar-refractivity contribution in [2.45, 2.75) is 19.3 Å². The Morgan fingerprint density at radius 3 is 2.44 bits per heavy atom. The predicted octanol–water partition coefficient (Wildman–Crippen LogP) is 7.33. The Bertz CT molecular complexity index is 1540. The molecule has 2 aromatic heterocycles. The number of aromatic amines is 1. The summed E-state index contributed by atoms with van der Waals surface area (Å²) in [4.78, 5) is 3.68. The van der Waals surface area contributed by atoms with Crippen molar-refractivity contribution in [3.63, 3.8) is 0 Å². The number of aromatic nitrogens is 2. The lowest BCUT2D eigenvalue weighted by molar-refractivity contribution is 0.682. The van der Waals surface area contributed by atoms with Gasteiger partial charge in [0.25, 0.3) is 0 Å². The van der Waals surface area contributed by atoms with E-state index in [1.165, 1.54) is 50.0 Å². The van der Waals surface area contributed by atoms with Gasteiger partial charge in [-0.3, -0.25) is 0 Å². The molecule has 2 heteroatoms. The molecule has 1 atom stereocenters. The van der Waals surface area contributed by atoms with Crippen LogP contribution in [-0.4, -0.2) is 9.55 Å². The summed E-state index contributed by atoms with van der Waals surface area (Å²) in [7, 11) is 0. The second-order valence-electron chi connectivity index (χ2n) is 9.00. The van der Waals surface area contributed by atoms with Gasteiger partial charge >= 0.3 is 0 Å². The molecule has 2 nitrogen and oxygen atoms in total. The number of para-hydroxylation sites is 3. The van der Waals surface area contributed by atoms with E-state index in [2.05, 4.69) is 107 Å². The summed E-state index contributed by atoms with van der Waals surface area (Å²) >= 11 is 0. The highest BCUT2D eigenvalue weighted by Crippen LogP contribution is 2.40. The van der Waals surface area contributed by atoms with E-state index < -0.39 is 0 Å². The summed E-state index contributed by atoms with van der Waals surface area (Å²) in [6, 6.07) is 28.3. The van der Waals surface area contributed by atoms with Crippen LogP contribution in [0, 0.1) is 5.92 Å². The van der Waals surface area contributed by atoms with Crippen molar-refractivity contribution in [1.29, 1.82) is 0 Å². The minimum Gasteiger partial charge on any atom is -0.358 e. The number of H-pyrrole nitrogens is 1. The fourth-order valence-corrected chi connectivity index (χ4v) is 5.74. The number of nitrogens with zero attached hydrogens (tertiary/aromatic N) is 1. The van der Waals surface area contributed by atoms with Gasteiger partial charge in [0.05, 0.1) is 5.52 Å². The van der Waals surface area contributed by atoms with Gasteiger partial charge in [0.2, 0.25) is 0 Å². The Morgan fingerprint density at radius 2 is 1.53 bits per heavy atom. The zero-order valence-corrected chi connectivity index (χ0v) is 17.9. The number of hydrogen-bond donors (Lipinski definition) is 1. The van der Waals surface area contributed by atoms with Crippen molar-refractivity contribution >= 4 is 34.0 Å². The highest BCUT2D eigenvalue weighted by atomic mass is 15.0. The van der Waals surface area contributed by atoms with E-state index in [0.717, 1.165) is 19.3 Å². The van der Waals surface area contributed by atoms with E-state index in [9.17, 15) is 0 Å². The van der Waals surface area contributed by atoms with Gasteiger partial charge in [-0.2, -0.15) is 0 Å². The van der Waals surface area contributed by atoms with Crippen LogP contribution in [0.2, 0.25) is 0 Å². The standard InChI is InChI=1S/C30H24N2/c1-2-8-22(9-3-1)32-29-13-7-5-11-25(29)26-18-20(15-17-30(26)32)21-14-16-24-23-10-4-6-12-27(23)31-28(24)19-21/h1-14,16,18,21,31H,15,17,19H2. The van der Waals surface area contributed by atoms with Gasteiger partial charge in [0.15, 0.2) is 0 Å². The van der Waals surface area contributed by atoms with Crippen LogP contribution in [0.1, 0.15) is 28.9 Å². The number of allylic oxidation sites excluding steroid dienone is 2. The number of fused-ring (bicyclic) bond motifs is 6. The summed E-state index contributed by atoms with van der Waals surface area (Å²) in [6.07, 6.45) is 10.5. The monoisotopic (exact) mass is 412 g/mol. The van der Waals surface area contributed by atoms with Crippen LogP contribution in [0.3, 0.4) is 0 Å². The number of nitrogens with one attached hydrogen (secondary N) is 1. The topological polar surface area (TPSA) is 20.7 Å². The summed E-state index contributed by atoms with van der Waals surface area (Å²) in [6.45, 7) is 0. The van der Waals surface area contributed by atoms with Crippen molar-refractivity contribution in [2.24, 2.45) is 5.92 Å². The third kappa shape index (κ3) is 2.59. The normalized spacial score (nSPS) is 17.4. The predicted molar refractivity (Wildman–Crippen MR) is 134 cm³/mol. The van der Waals surface area contributed by atoms with Crippen LogP contribution >= 0.6 is 0 Å². The Balaban J connectivity index is 1.33. The van der Waals surface area contributed by atoms with Crippen LogP contribution < -0.4 is 0 Å².